The molecule has 0 atom stereocenters. The van der Waals surface area contributed by atoms with E-state index in [2.05, 4.69) is 17.3 Å². The minimum atomic E-state index is -0.551. The number of carbonyl (C=O) groups excluding carboxylic acids is 2. The summed E-state index contributed by atoms with van der Waals surface area (Å²) >= 11 is 6.35. The molecule has 0 saturated carbocycles. The normalized spacial score (nSPS) is 10.9. The van der Waals surface area contributed by atoms with Gasteiger partial charge in [0.1, 0.15) is 10.9 Å². The van der Waals surface area contributed by atoms with Crippen molar-refractivity contribution in [1.29, 1.82) is 0 Å². The molecule has 0 radical (unpaired) electrons. The number of hydrogen-bond donors (Lipinski definition) is 2. The van der Waals surface area contributed by atoms with Gasteiger partial charge in [-0.15, -0.1) is 0 Å². The van der Waals surface area contributed by atoms with Gasteiger partial charge in [0.25, 0.3) is 5.91 Å². The van der Waals surface area contributed by atoms with Crippen molar-refractivity contribution in [1.82, 2.24) is 9.78 Å². The summed E-state index contributed by atoms with van der Waals surface area (Å²) in [4.78, 5) is 22.8. The molecule has 0 aliphatic carbocycles. The van der Waals surface area contributed by atoms with Gasteiger partial charge in [0, 0.05) is 23.9 Å². The Morgan fingerprint density at radius 2 is 2.04 bits per heavy atom. The summed E-state index contributed by atoms with van der Waals surface area (Å²) in [6, 6.07) is 6.62. The number of nitrogens with zero attached hydrogens (tertiary/aromatic N) is 2. The summed E-state index contributed by atoms with van der Waals surface area (Å²) in [5.74, 6) is -0.355. The van der Waals surface area contributed by atoms with Gasteiger partial charge in [0.05, 0.1) is 5.69 Å². The number of nitrogens with two attached hydrogens (primary N) is 1. The summed E-state index contributed by atoms with van der Waals surface area (Å²) < 4.78 is 6.92. The van der Waals surface area contributed by atoms with Crippen LogP contribution in [0.1, 0.15) is 31.0 Å². The zero-order valence-corrected chi connectivity index (χ0v) is 16.1. The van der Waals surface area contributed by atoms with Crippen molar-refractivity contribution in [3.63, 3.8) is 0 Å². The van der Waals surface area contributed by atoms with Crippen molar-refractivity contribution < 1.29 is 14.3 Å². The number of nitrogens with one attached hydrogen (secondary N) is 1. The molecule has 0 bridgehead atoms. The average Bonchev–Trinajstić information content (AvgIpc) is 2.90. The molecule has 144 valence electrons. The molecule has 0 saturated heterocycles. The van der Waals surface area contributed by atoms with E-state index in [1.165, 1.54) is 6.08 Å². The fourth-order valence-electron chi connectivity index (χ4n) is 2.34. The number of aromatic nitrogens is 2. The first kappa shape index (κ1) is 20.5. The van der Waals surface area contributed by atoms with Gasteiger partial charge in [-0.2, -0.15) is 5.10 Å². The standard InChI is InChI=1S/C19H23ClN4O3/c1-3-4-11-24-19(20)16(13(2)23-24)9-10-18(26)22-14-5-7-15(8-6-14)27-12-17(21)25/h5-10H,3-4,11-12H2,1-2H3,(H2,21,25)(H,22,26)/b10-9+. The number of carbonyl (C=O) groups is 2. The third kappa shape index (κ3) is 6.14. The molecule has 2 rings (SSSR count). The molecule has 7 nitrogen and oxygen atoms in total. The lowest BCUT2D eigenvalue weighted by molar-refractivity contribution is -0.120. The zero-order valence-electron chi connectivity index (χ0n) is 15.4. The third-order valence-corrected chi connectivity index (χ3v) is 4.14. The molecule has 2 aromatic rings. The van der Waals surface area contributed by atoms with Crippen LogP contribution >= 0.6 is 11.6 Å². The Morgan fingerprint density at radius 3 is 2.67 bits per heavy atom. The number of anilines is 1. The number of amides is 2. The minimum Gasteiger partial charge on any atom is -0.484 e. The van der Waals surface area contributed by atoms with Crippen LogP contribution in [0.5, 0.6) is 5.75 Å². The van der Waals surface area contributed by atoms with Gasteiger partial charge in [-0.25, -0.2) is 0 Å². The van der Waals surface area contributed by atoms with Crippen LogP contribution in [-0.2, 0) is 16.1 Å². The van der Waals surface area contributed by atoms with Crippen LogP contribution in [-0.4, -0.2) is 28.2 Å². The van der Waals surface area contributed by atoms with E-state index in [0.29, 0.717) is 16.6 Å². The maximum absolute atomic E-state index is 12.1. The van der Waals surface area contributed by atoms with Crippen LogP contribution in [0, 0.1) is 6.92 Å². The van der Waals surface area contributed by atoms with Gasteiger partial charge in [-0.3, -0.25) is 14.3 Å². The molecule has 8 heteroatoms. The highest BCUT2D eigenvalue weighted by atomic mass is 35.5. The van der Waals surface area contributed by atoms with Crippen LogP contribution in [0.15, 0.2) is 30.3 Å². The summed E-state index contributed by atoms with van der Waals surface area (Å²) in [7, 11) is 0. The molecule has 0 fully saturated rings. The maximum atomic E-state index is 12.1. The molecule has 0 unspecified atom stereocenters. The van der Waals surface area contributed by atoms with Crippen LogP contribution < -0.4 is 15.8 Å². The first-order valence-corrected chi connectivity index (χ1v) is 9.01. The first-order valence-electron chi connectivity index (χ1n) is 8.63. The van der Waals surface area contributed by atoms with Crippen LogP contribution in [0.25, 0.3) is 6.08 Å². The van der Waals surface area contributed by atoms with Crippen molar-refractivity contribution in [3.05, 3.63) is 46.8 Å². The van der Waals surface area contributed by atoms with Crippen LogP contribution in [0.3, 0.4) is 0 Å². The third-order valence-electron chi connectivity index (χ3n) is 3.74. The molecular formula is C19H23ClN4O3. The largest absolute Gasteiger partial charge is 0.484 e. The van der Waals surface area contributed by atoms with Crippen LogP contribution in [0.2, 0.25) is 5.15 Å². The van der Waals surface area contributed by atoms with Crippen LogP contribution in [0.4, 0.5) is 5.69 Å². The Hall–Kier alpha value is -2.80. The number of ether oxygens (including phenoxy) is 1. The second kappa shape index (κ2) is 9.78. The van der Waals surface area contributed by atoms with E-state index in [4.69, 9.17) is 22.1 Å². The minimum absolute atomic E-state index is 0.194. The molecule has 0 aliphatic rings. The van der Waals surface area contributed by atoms with E-state index in [1.54, 1.807) is 35.0 Å². The predicted octanol–water partition coefficient (Wildman–Crippen LogP) is 3.16. The monoisotopic (exact) mass is 390 g/mol. The number of aryl methyl sites for hydroxylation is 2. The number of halogens is 1. The Kier molecular flexibility index (Phi) is 7.43. The van der Waals surface area contributed by atoms with E-state index in [9.17, 15) is 9.59 Å². The predicted molar refractivity (Wildman–Crippen MR) is 106 cm³/mol. The lowest BCUT2D eigenvalue weighted by Crippen LogP contribution is -2.20. The number of rotatable bonds is 9. The van der Waals surface area contributed by atoms with Crippen molar-refractivity contribution >= 4 is 35.2 Å². The quantitative estimate of drug-likeness (QED) is 0.642. The summed E-state index contributed by atoms with van der Waals surface area (Å²) in [5.41, 5.74) is 7.12. The van der Waals surface area contributed by atoms with Crippen molar-refractivity contribution in [2.75, 3.05) is 11.9 Å². The number of hydrogen-bond acceptors (Lipinski definition) is 4. The van der Waals surface area contributed by atoms with E-state index < -0.39 is 5.91 Å². The molecule has 1 heterocycles. The van der Waals surface area contributed by atoms with E-state index in [0.717, 1.165) is 30.6 Å². The highest BCUT2D eigenvalue weighted by Gasteiger charge is 2.11. The van der Waals surface area contributed by atoms with Gasteiger partial charge in [0.2, 0.25) is 5.91 Å². The Labute approximate surface area is 163 Å². The van der Waals surface area contributed by atoms with Gasteiger partial charge >= 0.3 is 0 Å². The first-order chi connectivity index (χ1) is 12.9. The molecule has 1 aromatic carbocycles. The molecule has 0 aliphatic heterocycles. The summed E-state index contributed by atoms with van der Waals surface area (Å²) in [6.45, 7) is 4.52. The summed E-state index contributed by atoms with van der Waals surface area (Å²) in [6.07, 6.45) is 5.11. The number of primary amides is 1. The molecule has 1 aromatic heterocycles. The van der Waals surface area contributed by atoms with Crippen molar-refractivity contribution in [2.45, 2.75) is 33.2 Å². The average molecular weight is 391 g/mol. The number of benzene rings is 1. The smallest absolute Gasteiger partial charge is 0.255 e. The van der Waals surface area contributed by atoms with Gasteiger partial charge in [-0.1, -0.05) is 24.9 Å². The van der Waals surface area contributed by atoms with Crippen molar-refractivity contribution in [3.8, 4) is 5.75 Å². The van der Waals surface area contributed by atoms with E-state index >= 15 is 0 Å². The van der Waals surface area contributed by atoms with Crippen molar-refractivity contribution in [2.24, 2.45) is 5.73 Å². The second-order valence-electron chi connectivity index (χ2n) is 5.97. The van der Waals surface area contributed by atoms with E-state index in [1.807, 2.05) is 6.92 Å². The highest BCUT2D eigenvalue weighted by molar-refractivity contribution is 6.31. The fourth-order valence-corrected chi connectivity index (χ4v) is 2.67. The number of unbranched alkanes of at least 4 members (excludes halogenated alkanes) is 1. The highest BCUT2D eigenvalue weighted by Crippen LogP contribution is 2.22. The Balaban J connectivity index is 1.97. The SMILES string of the molecule is CCCCn1nc(C)c(/C=C/C(=O)Nc2ccc(OCC(N)=O)cc2)c1Cl. The fraction of sp³-hybridized carbons (Fsp3) is 0.316. The Bertz CT molecular complexity index is 828. The topological polar surface area (TPSA) is 99.2 Å². The second-order valence-corrected chi connectivity index (χ2v) is 6.33. The van der Waals surface area contributed by atoms with E-state index in [-0.39, 0.29) is 12.5 Å². The Morgan fingerprint density at radius 1 is 1.33 bits per heavy atom. The molecule has 27 heavy (non-hydrogen) atoms. The van der Waals surface area contributed by atoms with Gasteiger partial charge < -0.3 is 15.8 Å². The molecule has 0 spiro atoms. The lowest BCUT2D eigenvalue weighted by atomic mass is 10.2. The lowest BCUT2D eigenvalue weighted by Gasteiger charge is -2.05. The zero-order chi connectivity index (χ0) is 19.8. The van der Waals surface area contributed by atoms with Gasteiger partial charge in [0.15, 0.2) is 6.61 Å². The molecular weight excluding hydrogens is 368 g/mol. The molecule has 2 amide bonds. The maximum Gasteiger partial charge on any atom is 0.255 e. The van der Waals surface area contributed by atoms with Gasteiger partial charge in [-0.05, 0) is 43.7 Å². The molecule has 3 N–H and O–H groups in total. The summed E-state index contributed by atoms with van der Waals surface area (Å²) in [5, 5.41) is 7.67.